The van der Waals surface area contributed by atoms with Crippen LogP contribution >= 0.6 is 17.0 Å². The van der Waals surface area contributed by atoms with E-state index in [1.54, 1.807) is 6.20 Å². The molecule has 0 saturated heterocycles. The maximum absolute atomic E-state index is 7.26. The predicted molar refractivity (Wildman–Crippen MR) is 60.1 cm³/mol. The van der Waals surface area contributed by atoms with E-state index in [4.69, 9.17) is 10.5 Å². The maximum atomic E-state index is 7.26. The Bertz CT molecular complexity index is 298. The second-order valence-electron chi connectivity index (χ2n) is 2.31. The van der Waals surface area contributed by atoms with Gasteiger partial charge >= 0.3 is 0 Å². The van der Waals surface area contributed by atoms with Gasteiger partial charge < -0.3 is 4.90 Å². The number of hydrogen-bond acceptors (Lipinski definition) is 4. The molecule has 0 amide bonds. The van der Waals surface area contributed by atoms with Gasteiger partial charge in [0.2, 0.25) is 0 Å². The quantitative estimate of drug-likeness (QED) is 0.766. The van der Waals surface area contributed by atoms with Gasteiger partial charge in [-0.3, -0.25) is 0 Å². The van der Waals surface area contributed by atoms with Crippen LogP contribution in [0.1, 0.15) is 0 Å². The molecule has 1 rings (SSSR count). The minimum atomic E-state index is 0. The van der Waals surface area contributed by atoms with Crippen molar-refractivity contribution in [1.29, 1.82) is 10.5 Å². The molecule has 1 aromatic rings. The largest absolute Gasteiger partial charge is 0.363 e. The van der Waals surface area contributed by atoms with Gasteiger partial charge in [0.15, 0.2) is 12.1 Å². The SMILES string of the molecule is Br.CN(C)c1ccccn1.N#CC#N. The third-order valence-corrected chi connectivity index (χ3v) is 1.16. The summed E-state index contributed by atoms with van der Waals surface area (Å²) in [5.41, 5.74) is 0. The van der Waals surface area contributed by atoms with Crippen LogP contribution in [0.15, 0.2) is 24.4 Å². The van der Waals surface area contributed by atoms with Crippen LogP contribution in [0.2, 0.25) is 0 Å². The topological polar surface area (TPSA) is 63.7 Å². The summed E-state index contributed by atoms with van der Waals surface area (Å²) in [6, 6.07) is 8.33. The van der Waals surface area contributed by atoms with Crippen molar-refractivity contribution < 1.29 is 0 Å². The Balaban J connectivity index is 0. The van der Waals surface area contributed by atoms with E-state index in [2.05, 4.69) is 4.98 Å². The van der Waals surface area contributed by atoms with Gasteiger partial charge in [0, 0.05) is 20.3 Å². The van der Waals surface area contributed by atoms with E-state index < -0.39 is 0 Å². The highest BCUT2D eigenvalue weighted by Crippen LogP contribution is 2.02. The average molecular weight is 255 g/mol. The van der Waals surface area contributed by atoms with Crippen molar-refractivity contribution in [1.82, 2.24) is 4.98 Å². The molecular weight excluding hydrogens is 244 g/mol. The van der Waals surface area contributed by atoms with Gasteiger partial charge in [-0.15, -0.1) is 17.0 Å². The number of aromatic nitrogens is 1. The molecule has 0 fully saturated rings. The number of nitriles is 2. The van der Waals surface area contributed by atoms with Crippen molar-refractivity contribution in [3.05, 3.63) is 24.4 Å². The summed E-state index contributed by atoms with van der Waals surface area (Å²) in [7, 11) is 3.95. The lowest BCUT2D eigenvalue weighted by atomic mass is 10.4. The molecule has 0 unspecified atom stereocenters. The van der Waals surface area contributed by atoms with E-state index in [0.29, 0.717) is 0 Å². The Hall–Kier alpha value is -1.59. The van der Waals surface area contributed by atoms with Gasteiger partial charge in [-0.25, -0.2) is 4.98 Å². The Kier molecular flexibility index (Phi) is 10.1. The molecule has 14 heavy (non-hydrogen) atoms. The van der Waals surface area contributed by atoms with Crippen molar-refractivity contribution in [2.75, 3.05) is 19.0 Å². The molecule has 0 atom stereocenters. The fourth-order valence-corrected chi connectivity index (χ4v) is 0.618. The molecule has 5 heteroatoms. The summed E-state index contributed by atoms with van der Waals surface area (Å²) < 4.78 is 0. The first-order chi connectivity index (χ1) is 6.22. The van der Waals surface area contributed by atoms with Crippen LogP contribution in [-0.2, 0) is 0 Å². The molecule has 0 bridgehead atoms. The van der Waals surface area contributed by atoms with Gasteiger partial charge in [0.05, 0.1) is 0 Å². The number of nitrogens with zero attached hydrogens (tertiary/aromatic N) is 4. The Morgan fingerprint density at radius 3 is 2.00 bits per heavy atom. The second-order valence-corrected chi connectivity index (χ2v) is 2.31. The zero-order valence-corrected chi connectivity index (χ0v) is 9.72. The van der Waals surface area contributed by atoms with E-state index in [0.717, 1.165) is 5.82 Å². The van der Waals surface area contributed by atoms with Crippen molar-refractivity contribution in [2.45, 2.75) is 0 Å². The molecular formula is C9H11BrN4. The Morgan fingerprint density at radius 1 is 1.21 bits per heavy atom. The van der Waals surface area contributed by atoms with E-state index in [1.165, 1.54) is 12.1 Å². The molecule has 0 aliphatic rings. The highest BCUT2D eigenvalue weighted by Gasteiger charge is 1.89. The summed E-state index contributed by atoms with van der Waals surface area (Å²) in [4.78, 5) is 6.08. The lowest BCUT2D eigenvalue weighted by Gasteiger charge is -2.08. The fraction of sp³-hybridized carbons (Fsp3) is 0.222. The standard InChI is InChI=1S/C7H10N2.C2N2.BrH/c1-9(2)7-5-3-4-6-8-7;3-1-2-4;/h3-6H,1-2H3;;1H. The van der Waals surface area contributed by atoms with Crippen LogP contribution in [0.4, 0.5) is 5.82 Å². The van der Waals surface area contributed by atoms with Gasteiger partial charge in [0.1, 0.15) is 5.82 Å². The molecule has 0 aromatic carbocycles. The summed E-state index contributed by atoms with van der Waals surface area (Å²) in [5, 5.41) is 14.5. The number of pyridine rings is 1. The lowest BCUT2D eigenvalue weighted by Crippen LogP contribution is -2.09. The Labute approximate surface area is 94.2 Å². The summed E-state index contributed by atoms with van der Waals surface area (Å²) >= 11 is 0. The summed E-state index contributed by atoms with van der Waals surface area (Å²) in [6.45, 7) is 0. The van der Waals surface area contributed by atoms with Crippen LogP contribution in [-0.4, -0.2) is 19.1 Å². The number of hydrogen-bond donors (Lipinski definition) is 0. The van der Waals surface area contributed by atoms with Gasteiger partial charge in [-0.1, -0.05) is 6.07 Å². The molecule has 74 valence electrons. The first-order valence-corrected chi connectivity index (χ1v) is 3.59. The molecule has 0 N–H and O–H groups in total. The van der Waals surface area contributed by atoms with Crippen molar-refractivity contribution >= 4 is 22.8 Å². The number of rotatable bonds is 1. The lowest BCUT2D eigenvalue weighted by molar-refractivity contribution is 1.07. The van der Waals surface area contributed by atoms with Crippen molar-refractivity contribution in [2.24, 2.45) is 0 Å². The smallest absolute Gasteiger partial charge is 0.181 e. The first kappa shape index (κ1) is 14.9. The molecule has 1 aromatic heterocycles. The van der Waals surface area contributed by atoms with Crippen molar-refractivity contribution in [3.63, 3.8) is 0 Å². The maximum Gasteiger partial charge on any atom is 0.181 e. The van der Waals surface area contributed by atoms with Crippen LogP contribution in [0.3, 0.4) is 0 Å². The highest BCUT2D eigenvalue weighted by atomic mass is 79.9. The zero-order valence-electron chi connectivity index (χ0n) is 8.01. The van der Waals surface area contributed by atoms with Gasteiger partial charge in [-0.05, 0) is 12.1 Å². The molecule has 1 heterocycles. The van der Waals surface area contributed by atoms with E-state index >= 15 is 0 Å². The van der Waals surface area contributed by atoms with E-state index in [9.17, 15) is 0 Å². The van der Waals surface area contributed by atoms with E-state index in [-0.39, 0.29) is 17.0 Å². The summed E-state index contributed by atoms with van der Waals surface area (Å²) in [6.07, 6.45) is 1.79. The predicted octanol–water partition coefficient (Wildman–Crippen LogP) is 1.76. The van der Waals surface area contributed by atoms with Gasteiger partial charge in [-0.2, -0.15) is 10.5 Å². The summed E-state index contributed by atoms with van der Waals surface area (Å²) in [5.74, 6) is 0.998. The Morgan fingerprint density at radius 2 is 1.79 bits per heavy atom. The molecule has 0 radical (unpaired) electrons. The first-order valence-electron chi connectivity index (χ1n) is 3.59. The zero-order chi connectivity index (χ0) is 10.1. The van der Waals surface area contributed by atoms with Crippen LogP contribution in [0, 0.1) is 22.7 Å². The highest BCUT2D eigenvalue weighted by molar-refractivity contribution is 8.93. The van der Waals surface area contributed by atoms with Crippen LogP contribution in [0.5, 0.6) is 0 Å². The average Bonchev–Trinajstić information content (AvgIpc) is 2.19. The minimum Gasteiger partial charge on any atom is -0.363 e. The minimum absolute atomic E-state index is 0. The molecule has 0 aliphatic carbocycles. The van der Waals surface area contributed by atoms with Crippen molar-refractivity contribution in [3.8, 4) is 12.1 Å². The molecule has 0 saturated carbocycles. The number of halogens is 1. The van der Waals surface area contributed by atoms with Gasteiger partial charge in [0.25, 0.3) is 0 Å². The molecule has 0 aliphatic heterocycles. The monoisotopic (exact) mass is 254 g/mol. The third kappa shape index (κ3) is 7.08. The van der Waals surface area contributed by atoms with Crippen LogP contribution < -0.4 is 4.90 Å². The van der Waals surface area contributed by atoms with E-state index in [1.807, 2.05) is 37.2 Å². The second kappa shape index (κ2) is 9.50. The normalized spacial score (nSPS) is 6.57. The number of anilines is 1. The fourth-order valence-electron chi connectivity index (χ4n) is 0.618. The molecule has 0 spiro atoms. The molecule has 4 nitrogen and oxygen atoms in total. The van der Waals surface area contributed by atoms with Crippen LogP contribution in [0.25, 0.3) is 0 Å². The third-order valence-electron chi connectivity index (χ3n) is 1.16.